The minimum atomic E-state index is -0.409. The SMILES string of the molecule is CCCC(C)NCC(C)(C)OC(C)=O. The molecule has 0 aromatic heterocycles. The Morgan fingerprint density at radius 3 is 2.50 bits per heavy atom. The standard InChI is InChI=1S/C11H23NO2/c1-6-7-9(2)12-8-11(4,5)14-10(3)13/h9,12H,6-8H2,1-5H3. The summed E-state index contributed by atoms with van der Waals surface area (Å²) in [6, 6.07) is 0.481. The van der Waals surface area contributed by atoms with Crippen molar-refractivity contribution in [3.8, 4) is 0 Å². The third-order valence-corrected chi connectivity index (χ3v) is 2.02. The molecule has 0 bridgehead atoms. The van der Waals surface area contributed by atoms with Crippen molar-refractivity contribution in [2.45, 2.75) is 59.1 Å². The summed E-state index contributed by atoms with van der Waals surface area (Å²) in [6.45, 7) is 10.3. The van der Waals surface area contributed by atoms with Crippen LogP contribution in [0.1, 0.15) is 47.5 Å². The Hall–Kier alpha value is -0.570. The van der Waals surface area contributed by atoms with Gasteiger partial charge in [0.1, 0.15) is 5.60 Å². The molecule has 0 aliphatic rings. The molecule has 3 heteroatoms. The minimum absolute atomic E-state index is 0.222. The smallest absolute Gasteiger partial charge is 0.303 e. The molecule has 3 nitrogen and oxygen atoms in total. The Labute approximate surface area is 87.2 Å². The molecular formula is C11H23NO2. The molecule has 0 heterocycles. The monoisotopic (exact) mass is 201 g/mol. The van der Waals surface area contributed by atoms with E-state index in [-0.39, 0.29) is 5.97 Å². The maximum absolute atomic E-state index is 10.8. The summed E-state index contributed by atoms with van der Waals surface area (Å²) in [7, 11) is 0. The third kappa shape index (κ3) is 6.89. The quantitative estimate of drug-likeness (QED) is 0.669. The fourth-order valence-electron chi connectivity index (χ4n) is 1.38. The highest BCUT2D eigenvalue weighted by atomic mass is 16.6. The highest BCUT2D eigenvalue weighted by Gasteiger charge is 2.21. The Kier molecular flexibility index (Phi) is 5.77. The zero-order valence-corrected chi connectivity index (χ0v) is 10.0. The molecule has 0 aliphatic heterocycles. The normalized spacial score (nSPS) is 13.8. The van der Waals surface area contributed by atoms with Crippen molar-refractivity contribution in [2.24, 2.45) is 0 Å². The Bertz CT molecular complexity index is 178. The van der Waals surface area contributed by atoms with Gasteiger partial charge in [-0.15, -0.1) is 0 Å². The first-order valence-electron chi connectivity index (χ1n) is 5.30. The molecule has 0 radical (unpaired) electrons. The average molecular weight is 201 g/mol. The van der Waals surface area contributed by atoms with Gasteiger partial charge in [-0.2, -0.15) is 0 Å². The number of hydrogen-bond donors (Lipinski definition) is 1. The van der Waals surface area contributed by atoms with Crippen LogP contribution in [0.2, 0.25) is 0 Å². The van der Waals surface area contributed by atoms with Gasteiger partial charge in [-0.3, -0.25) is 4.79 Å². The molecule has 0 saturated carbocycles. The van der Waals surface area contributed by atoms with Crippen molar-refractivity contribution < 1.29 is 9.53 Å². The van der Waals surface area contributed by atoms with E-state index in [0.717, 1.165) is 6.42 Å². The zero-order valence-electron chi connectivity index (χ0n) is 10.0. The van der Waals surface area contributed by atoms with Gasteiger partial charge in [0.25, 0.3) is 0 Å². The van der Waals surface area contributed by atoms with Crippen molar-refractivity contribution in [3.05, 3.63) is 0 Å². The van der Waals surface area contributed by atoms with Crippen LogP contribution < -0.4 is 5.32 Å². The molecule has 1 atom stereocenters. The molecular weight excluding hydrogens is 178 g/mol. The number of esters is 1. The Morgan fingerprint density at radius 2 is 2.07 bits per heavy atom. The van der Waals surface area contributed by atoms with Crippen molar-refractivity contribution in [1.82, 2.24) is 5.32 Å². The molecule has 0 saturated heterocycles. The van der Waals surface area contributed by atoms with E-state index < -0.39 is 5.60 Å². The first-order valence-corrected chi connectivity index (χ1v) is 5.30. The summed E-state index contributed by atoms with van der Waals surface area (Å²) in [5.74, 6) is -0.222. The number of carbonyl (C=O) groups excluding carboxylic acids is 1. The molecule has 0 spiro atoms. The van der Waals surface area contributed by atoms with Crippen LogP contribution in [0.3, 0.4) is 0 Å². The molecule has 0 rings (SSSR count). The number of rotatable bonds is 6. The molecule has 0 aliphatic carbocycles. The zero-order chi connectivity index (χ0) is 11.2. The van der Waals surface area contributed by atoms with Crippen LogP contribution in [0, 0.1) is 0 Å². The summed E-state index contributed by atoms with van der Waals surface area (Å²) in [6.07, 6.45) is 2.32. The lowest BCUT2D eigenvalue weighted by Crippen LogP contribution is -2.42. The lowest BCUT2D eigenvalue weighted by atomic mass is 10.1. The maximum Gasteiger partial charge on any atom is 0.303 e. The van der Waals surface area contributed by atoms with Gasteiger partial charge in [-0.05, 0) is 27.2 Å². The Balaban J connectivity index is 3.80. The molecule has 84 valence electrons. The molecule has 0 aromatic carbocycles. The number of hydrogen-bond acceptors (Lipinski definition) is 3. The van der Waals surface area contributed by atoms with Crippen LogP contribution in [-0.4, -0.2) is 24.2 Å². The van der Waals surface area contributed by atoms with Gasteiger partial charge in [0.15, 0.2) is 0 Å². The fourth-order valence-corrected chi connectivity index (χ4v) is 1.38. The molecule has 0 fully saturated rings. The molecule has 1 N–H and O–H groups in total. The summed E-state index contributed by atoms with van der Waals surface area (Å²) >= 11 is 0. The van der Waals surface area contributed by atoms with Crippen LogP contribution in [-0.2, 0) is 9.53 Å². The van der Waals surface area contributed by atoms with Crippen LogP contribution in [0.15, 0.2) is 0 Å². The van der Waals surface area contributed by atoms with Crippen molar-refractivity contribution in [1.29, 1.82) is 0 Å². The van der Waals surface area contributed by atoms with Crippen molar-refractivity contribution in [3.63, 3.8) is 0 Å². The summed E-state index contributed by atoms with van der Waals surface area (Å²) in [5.41, 5.74) is -0.409. The van der Waals surface area contributed by atoms with Gasteiger partial charge in [0, 0.05) is 19.5 Å². The van der Waals surface area contributed by atoms with E-state index in [2.05, 4.69) is 19.2 Å². The largest absolute Gasteiger partial charge is 0.458 e. The van der Waals surface area contributed by atoms with Gasteiger partial charge in [0.05, 0.1) is 0 Å². The highest BCUT2D eigenvalue weighted by molar-refractivity contribution is 5.66. The summed E-state index contributed by atoms with van der Waals surface area (Å²) in [5, 5.41) is 3.35. The van der Waals surface area contributed by atoms with E-state index in [4.69, 9.17) is 4.74 Å². The van der Waals surface area contributed by atoms with Gasteiger partial charge in [0.2, 0.25) is 0 Å². The number of nitrogens with one attached hydrogen (secondary N) is 1. The maximum atomic E-state index is 10.8. The first-order chi connectivity index (χ1) is 6.37. The lowest BCUT2D eigenvalue weighted by Gasteiger charge is -2.26. The first kappa shape index (κ1) is 13.4. The second-order valence-electron chi connectivity index (χ2n) is 4.42. The van der Waals surface area contributed by atoms with Crippen molar-refractivity contribution >= 4 is 5.97 Å². The predicted octanol–water partition coefficient (Wildman–Crippen LogP) is 2.11. The number of carbonyl (C=O) groups is 1. The van der Waals surface area contributed by atoms with Gasteiger partial charge >= 0.3 is 5.97 Å². The van der Waals surface area contributed by atoms with E-state index in [1.807, 2.05) is 13.8 Å². The molecule has 14 heavy (non-hydrogen) atoms. The minimum Gasteiger partial charge on any atom is -0.458 e. The van der Waals surface area contributed by atoms with Gasteiger partial charge in [-0.1, -0.05) is 13.3 Å². The van der Waals surface area contributed by atoms with Crippen molar-refractivity contribution in [2.75, 3.05) is 6.54 Å². The van der Waals surface area contributed by atoms with Crippen LogP contribution >= 0.6 is 0 Å². The van der Waals surface area contributed by atoms with E-state index in [9.17, 15) is 4.79 Å². The van der Waals surface area contributed by atoms with Gasteiger partial charge in [-0.25, -0.2) is 0 Å². The van der Waals surface area contributed by atoms with E-state index in [0.29, 0.717) is 12.6 Å². The second-order valence-corrected chi connectivity index (χ2v) is 4.42. The van der Waals surface area contributed by atoms with E-state index >= 15 is 0 Å². The Morgan fingerprint density at radius 1 is 1.50 bits per heavy atom. The lowest BCUT2D eigenvalue weighted by molar-refractivity contribution is -0.153. The molecule has 1 unspecified atom stereocenters. The number of ether oxygens (including phenoxy) is 1. The molecule has 0 amide bonds. The highest BCUT2D eigenvalue weighted by Crippen LogP contribution is 2.08. The summed E-state index contributed by atoms with van der Waals surface area (Å²) in [4.78, 5) is 10.8. The van der Waals surface area contributed by atoms with Crippen LogP contribution in [0.25, 0.3) is 0 Å². The van der Waals surface area contributed by atoms with Crippen LogP contribution in [0.4, 0.5) is 0 Å². The van der Waals surface area contributed by atoms with Crippen LogP contribution in [0.5, 0.6) is 0 Å². The molecule has 0 aromatic rings. The second kappa shape index (κ2) is 6.02. The van der Waals surface area contributed by atoms with Gasteiger partial charge < -0.3 is 10.1 Å². The fraction of sp³-hybridized carbons (Fsp3) is 0.909. The third-order valence-electron chi connectivity index (χ3n) is 2.02. The summed E-state index contributed by atoms with van der Waals surface area (Å²) < 4.78 is 5.16. The van der Waals surface area contributed by atoms with E-state index in [1.165, 1.54) is 13.3 Å². The average Bonchev–Trinajstić information content (AvgIpc) is 1.99. The van der Waals surface area contributed by atoms with E-state index in [1.54, 1.807) is 0 Å². The predicted molar refractivity (Wildman–Crippen MR) is 58.2 cm³/mol. The topological polar surface area (TPSA) is 38.3 Å².